The van der Waals surface area contributed by atoms with E-state index in [1.165, 1.54) is 0 Å². The Bertz CT molecular complexity index is 460. The van der Waals surface area contributed by atoms with Crippen molar-refractivity contribution in [1.82, 2.24) is 0 Å². The molecular formula is C13H16N2O4. The Hall–Kier alpha value is -2.24. The second-order valence-corrected chi connectivity index (χ2v) is 4.42. The van der Waals surface area contributed by atoms with Gasteiger partial charge in [-0.2, -0.15) is 0 Å². The van der Waals surface area contributed by atoms with Gasteiger partial charge in [-0.05, 0) is 18.6 Å². The highest BCUT2D eigenvalue weighted by molar-refractivity contribution is 5.86. The van der Waals surface area contributed by atoms with E-state index in [2.05, 4.69) is 0 Å². The number of fused-ring (bicyclic) bond motifs is 1. The van der Waals surface area contributed by atoms with Crippen LogP contribution in [-0.2, 0) is 9.59 Å². The number of anilines is 2. The minimum atomic E-state index is -0.926. The van der Waals surface area contributed by atoms with Crippen LogP contribution in [0, 0.1) is 0 Å². The lowest BCUT2D eigenvalue weighted by molar-refractivity contribution is -0.136. The molecule has 0 unspecified atom stereocenters. The average Bonchev–Trinajstić information content (AvgIpc) is 2.63. The van der Waals surface area contributed by atoms with Gasteiger partial charge in [0, 0.05) is 0 Å². The zero-order chi connectivity index (χ0) is 14.0. The molecule has 102 valence electrons. The average molecular weight is 264 g/mol. The maximum atomic E-state index is 11.0. The molecule has 2 rings (SSSR count). The van der Waals surface area contributed by atoms with Gasteiger partial charge in [-0.25, -0.2) is 0 Å². The first kappa shape index (κ1) is 13.2. The first-order chi connectivity index (χ1) is 9.04. The molecule has 0 aromatic heterocycles. The van der Waals surface area contributed by atoms with E-state index in [0.717, 1.165) is 11.4 Å². The van der Waals surface area contributed by atoms with Crippen molar-refractivity contribution >= 4 is 23.3 Å². The topological polar surface area (TPSA) is 81.1 Å². The van der Waals surface area contributed by atoms with Crippen LogP contribution in [0.1, 0.15) is 13.3 Å². The fraction of sp³-hybridized carbons (Fsp3) is 0.385. The number of carboxylic acid groups (broad SMARTS) is 2. The number of carbonyl (C=O) groups is 2. The molecular weight excluding hydrogens is 248 g/mol. The van der Waals surface area contributed by atoms with Gasteiger partial charge in [-0.3, -0.25) is 9.59 Å². The molecule has 1 aliphatic heterocycles. The normalized spacial score (nSPS) is 14.6. The van der Waals surface area contributed by atoms with Crippen molar-refractivity contribution in [2.45, 2.75) is 19.5 Å². The molecule has 0 fully saturated rings. The number of aliphatic carboxylic acids is 2. The summed E-state index contributed by atoms with van der Waals surface area (Å²) in [5.41, 5.74) is 1.55. The van der Waals surface area contributed by atoms with Crippen LogP contribution in [0.15, 0.2) is 24.3 Å². The highest BCUT2D eigenvalue weighted by atomic mass is 16.4. The van der Waals surface area contributed by atoms with Gasteiger partial charge in [0.15, 0.2) is 0 Å². The summed E-state index contributed by atoms with van der Waals surface area (Å²) in [6.07, 6.45) is 0.416. The largest absolute Gasteiger partial charge is 0.480 e. The fourth-order valence-corrected chi connectivity index (χ4v) is 2.55. The quantitative estimate of drug-likeness (QED) is 0.832. The Labute approximate surface area is 110 Å². The van der Waals surface area contributed by atoms with E-state index in [1.807, 2.05) is 31.2 Å². The maximum absolute atomic E-state index is 11.0. The third kappa shape index (κ3) is 2.47. The molecule has 0 saturated heterocycles. The lowest BCUT2D eigenvalue weighted by Gasteiger charge is -2.30. The number of carboxylic acids is 2. The van der Waals surface area contributed by atoms with Gasteiger partial charge in [-0.1, -0.05) is 19.1 Å². The van der Waals surface area contributed by atoms with Gasteiger partial charge in [-0.15, -0.1) is 0 Å². The highest BCUT2D eigenvalue weighted by Crippen LogP contribution is 2.39. The summed E-state index contributed by atoms with van der Waals surface area (Å²) in [6, 6.07) is 7.29. The molecule has 0 radical (unpaired) electrons. The summed E-state index contributed by atoms with van der Waals surface area (Å²) in [7, 11) is 0. The number of rotatable bonds is 5. The van der Waals surface area contributed by atoms with Crippen LogP contribution < -0.4 is 9.80 Å². The number of hydrogen-bond acceptors (Lipinski definition) is 4. The van der Waals surface area contributed by atoms with E-state index in [9.17, 15) is 9.59 Å². The van der Waals surface area contributed by atoms with Crippen molar-refractivity contribution in [2.75, 3.05) is 22.9 Å². The number of para-hydroxylation sites is 2. The van der Waals surface area contributed by atoms with Crippen LogP contribution in [0.3, 0.4) is 0 Å². The zero-order valence-corrected chi connectivity index (χ0v) is 10.6. The van der Waals surface area contributed by atoms with Crippen LogP contribution in [0.4, 0.5) is 11.4 Å². The molecule has 0 saturated carbocycles. The van der Waals surface area contributed by atoms with Crippen LogP contribution in [0.2, 0.25) is 0 Å². The Morgan fingerprint density at radius 2 is 1.47 bits per heavy atom. The summed E-state index contributed by atoms with van der Waals surface area (Å²) in [4.78, 5) is 25.4. The zero-order valence-electron chi connectivity index (χ0n) is 10.6. The van der Waals surface area contributed by atoms with E-state index < -0.39 is 11.9 Å². The van der Waals surface area contributed by atoms with Gasteiger partial charge in [0.1, 0.15) is 19.3 Å². The number of hydrogen-bond donors (Lipinski definition) is 2. The number of benzene rings is 1. The molecule has 0 spiro atoms. The van der Waals surface area contributed by atoms with Gasteiger partial charge >= 0.3 is 11.9 Å². The predicted octanol–water partition coefficient (Wildman–Crippen LogP) is 1.22. The van der Waals surface area contributed by atoms with Gasteiger partial charge in [0.05, 0.1) is 11.4 Å². The summed E-state index contributed by atoms with van der Waals surface area (Å²) >= 11 is 0. The lowest BCUT2D eigenvalue weighted by atomic mass is 10.2. The molecule has 0 aliphatic carbocycles. The van der Waals surface area contributed by atoms with E-state index in [1.54, 1.807) is 9.80 Å². The van der Waals surface area contributed by atoms with E-state index in [4.69, 9.17) is 10.2 Å². The van der Waals surface area contributed by atoms with Crippen LogP contribution >= 0.6 is 0 Å². The van der Waals surface area contributed by atoms with Gasteiger partial charge in [0.25, 0.3) is 0 Å². The minimum absolute atomic E-state index is 0.133. The van der Waals surface area contributed by atoms with Crippen LogP contribution in [0.25, 0.3) is 0 Å². The predicted molar refractivity (Wildman–Crippen MR) is 70.5 cm³/mol. The van der Waals surface area contributed by atoms with Gasteiger partial charge in [0.2, 0.25) is 0 Å². The van der Waals surface area contributed by atoms with Crippen molar-refractivity contribution in [3.8, 4) is 0 Å². The summed E-state index contributed by atoms with van der Waals surface area (Å²) < 4.78 is 0. The maximum Gasteiger partial charge on any atom is 0.323 e. The van der Waals surface area contributed by atoms with E-state index in [0.29, 0.717) is 6.42 Å². The second kappa shape index (κ2) is 5.17. The molecule has 1 aliphatic rings. The molecule has 2 N–H and O–H groups in total. The van der Waals surface area contributed by atoms with Crippen LogP contribution in [-0.4, -0.2) is 41.4 Å². The minimum Gasteiger partial charge on any atom is -0.480 e. The summed E-state index contributed by atoms with van der Waals surface area (Å²) in [5.74, 6) is -1.85. The van der Waals surface area contributed by atoms with Gasteiger partial charge < -0.3 is 20.0 Å². The van der Waals surface area contributed by atoms with Crippen molar-refractivity contribution in [1.29, 1.82) is 0 Å². The third-order valence-electron chi connectivity index (χ3n) is 3.20. The summed E-state index contributed by atoms with van der Waals surface area (Å²) in [5, 5.41) is 18.0. The Morgan fingerprint density at radius 1 is 1.05 bits per heavy atom. The Kier molecular flexibility index (Phi) is 3.59. The summed E-state index contributed by atoms with van der Waals surface area (Å²) in [6.45, 7) is 1.65. The first-order valence-electron chi connectivity index (χ1n) is 6.10. The number of nitrogens with zero attached hydrogens (tertiary/aromatic N) is 2. The van der Waals surface area contributed by atoms with E-state index >= 15 is 0 Å². The van der Waals surface area contributed by atoms with Crippen molar-refractivity contribution in [3.05, 3.63) is 24.3 Å². The first-order valence-corrected chi connectivity index (χ1v) is 6.10. The van der Waals surface area contributed by atoms with Crippen LogP contribution in [0.5, 0.6) is 0 Å². The van der Waals surface area contributed by atoms with Crippen molar-refractivity contribution in [3.63, 3.8) is 0 Å². The monoisotopic (exact) mass is 264 g/mol. The molecule has 0 amide bonds. The molecule has 6 heteroatoms. The van der Waals surface area contributed by atoms with Crippen molar-refractivity contribution in [2.24, 2.45) is 0 Å². The Balaban J connectivity index is 2.40. The van der Waals surface area contributed by atoms with E-state index in [-0.39, 0.29) is 19.3 Å². The SMILES string of the molecule is CCC1N(CC(=O)O)c2ccccc2N1CC(=O)O. The second-order valence-electron chi connectivity index (χ2n) is 4.42. The molecule has 6 nitrogen and oxygen atoms in total. The molecule has 1 heterocycles. The molecule has 1 aromatic carbocycles. The Morgan fingerprint density at radius 3 is 1.79 bits per heavy atom. The fourth-order valence-electron chi connectivity index (χ4n) is 2.55. The molecule has 0 atom stereocenters. The van der Waals surface area contributed by atoms with Crippen molar-refractivity contribution < 1.29 is 19.8 Å². The molecule has 0 bridgehead atoms. The third-order valence-corrected chi connectivity index (χ3v) is 3.20. The standard InChI is InChI=1S/C13H16N2O4/c1-2-11-14(7-12(16)17)9-5-3-4-6-10(9)15(11)8-13(18)19/h3-6,11H,2,7-8H2,1H3,(H,16,17)(H,18,19). The molecule has 19 heavy (non-hydrogen) atoms. The smallest absolute Gasteiger partial charge is 0.323 e. The molecule has 1 aromatic rings. The lowest BCUT2D eigenvalue weighted by Crippen LogP contribution is -2.46. The highest BCUT2D eigenvalue weighted by Gasteiger charge is 2.36.